The average Bonchev–Trinajstić information content (AvgIpc) is 2.70. The zero-order valence-corrected chi connectivity index (χ0v) is 20.2. The zero-order chi connectivity index (χ0) is 23.7. The van der Waals surface area contributed by atoms with E-state index in [1.165, 1.54) is 10.6 Å². The SMILES string of the molecule is Cc1c(-c2cccc(C(=O)OC(C)(C)C)c2)ccc(N(c2ccccc2)S(C)(=O)=O)c1C. The van der Waals surface area contributed by atoms with Crippen molar-refractivity contribution in [2.45, 2.75) is 40.2 Å². The molecule has 0 aliphatic heterocycles. The number of sulfonamides is 1. The molecule has 0 N–H and O–H groups in total. The number of carbonyl (C=O) groups is 1. The average molecular weight is 452 g/mol. The number of hydrogen-bond donors (Lipinski definition) is 0. The monoisotopic (exact) mass is 451 g/mol. The summed E-state index contributed by atoms with van der Waals surface area (Å²) in [7, 11) is -3.55. The Labute approximate surface area is 190 Å². The molecule has 0 bridgehead atoms. The van der Waals surface area contributed by atoms with Crippen molar-refractivity contribution >= 4 is 27.4 Å². The van der Waals surface area contributed by atoms with Gasteiger partial charge in [0, 0.05) is 0 Å². The second kappa shape index (κ2) is 8.79. The molecule has 3 aromatic rings. The summed E-state index contributed by atoms with van der Waals surface area (Å²) in [6, 6.07) is 20.0. The molecule has 0 aliphatic carbocycles. The first-order valence-electron chi connectivity index (χ1n) is 10.4. The van der Waals surface area contributed by atoms with Gasteiger partial charge in [0.25, 0.3) is 0 Å². The number of rotatable bonds is 5. The van der Waals surface area contributed by atoms with Crippen molar-refractivity contribution in [3.05, 3.63) is 83.4 Å². The molecule has 0 unspecified atom stereocenters. The summed E-state index contributed by atoms with van der Waals surface area (Å²) in [5, 5.41) is 0. The molecule has 0 spiro atoms. The van der Waals surface area contributed by atoms with Crippen molar-refractivity contribution < 1.29 is 17.9 Å². The maximum atomic E-state index is 12.7. The number of para-hydroxylation sites is 1. The first-order chi connectivity index (χ1) is 14.9. The highest BCUT2D eigenvalue weighted by Crippen LogP contribution is 2.36. The third kappa shape index (κ3) is 5.19. The molecule has 0 aliphatic rings. The van der Waals surface area contributed by atoms with E-state index in [0.29, 0.717) is 16.9 Å². The fourth-order valence-corrected chi connectivity index (χ4v) is 4.62. The molecule has 32 heavy (non-hydrogen) atoms. The van der Waals surface area contributed by atoms with Gasteiger partial charge in [0.05, 0.1) is 23.2 Å². The summed E-state index contributed by atoms with van der Waals surface area (Å²) in [5.41, 5.74) is 4.66. The molecule has 0 heterocycles. The number of hydrogen-bond acceptors (Lipinski definition) is 4. The Hall–Kier alpha value is -3.12. The van der Waals surface area contributed by atoms with Crippen molar-refractivity contribution in [3.63, 3.8) is 0 Å². The van der Waals surface area contributed by atoms with Crippen LogP contribution in [0.4, 0.5) is 11.4 Å². The van der Waals surface area contributed by atoms with Gasteiger partial charge in [0.2, 0.25) is 10.0 Å². The standard InChI is InChI=1S/C26H29NO4S/c1-18-19(2)24(27(32(6,29)30)22-13-8-7-9-14-22)16-15-23(18)20-11-10-12-21(17-20)25(28)31-26(3,4)5/h7-17H,1-6H3. The summed E-state index contributed by atoms with van der Waals surface area (Å²) in [6.45, 7) is 9.37. The van der Waals surface area contributed by atoms with Gasteiger partial charge >= 0.3 is 5.97 Å². The van der Waals surface area contributed by atoms with Gasteiger partial charge in [-0.05, 0) is 87.2 Å². The van der Waals surface area contributed by atoms with Crippen LogP contribution in [0.5, 0.6) is 0 Å². The number of nitrogens with zero attached hydrogens (tertiary/aromatic N) is 1. The molecule has 3 rings (SSSR count). The first kappa shape index (κ1) is 23.5. The molecular weight excluding hydrogens is 422 g/mol. The van der Waals surface area contributed by atoms with E-state index in [1.54, 1.807) is 24.3 Å². The Balaban J connectivity index is 2.07. The van der Waals surface area contributed by atoms with Gasteiger partial charge in [-0.1, -0.05) is 36.4 Å². The highest BCUT2D eigenvalue weighted by Gasteiger charge is 2.23. The lowest BCUT2D eigenvalue weighted by molar-refractivity contribution is 0.00695. The molecule has 6 heteroatoms. The lowest BCUT2D eigenvalue weighted by atomic mass is 9.94. The fourth-order valence-electron chi connectivity index (χ4n) is 3.56. The van der Waals surface area contributed by atoms with Crippen LogP contribution in [0.25, 0.3) is 11.1 Å². The zero-order valence-electron chi connectivity index (χ0n) is 19.3. The largest absolute Gasteiger partial charge is 0.456 e. The number of benzene rings is 3. The smallest absolute Gasteiger partial charge is 0.338 e. The van der Waals surface area contributed by atoms with E-state index in [1.807, 2.05) is 77.1 Å². The van der Waals surface area contributed by atoms with E-state index in [2.05, 4.69) is 0 Å². The first-order valence-corrected chi connectivity index (χ1v) is 12.2. The third-order valence-electron chi connectivity index (χ3n) is 5.11. The van der Waals surface area contributed by atoms with Gasteiger partial charge in [-0.25, -0.2) is 17.5 Å². The minimum atomic E-state index is -3.55. The Bertz CT molecular complexity index is 1240. The minimum absolute atomic E-state index is 0.377. The van der Waals surface area contributed by atoms with E-state index >= 15 is 0 Å². The summed E-state index contributed by atoms with van der Waals surface area (Å²) < 4.78 is 32.2. The van der Waals surface area contributed by atoms with Gasteiger partial charge in [0.15, 0.2) is 0 Å². The van der Waals surface area contributed by atoms with Crippen molar-refractivity contribution in [2.24, 2.45) is 0 Å². The predicted molar refractivity (Wildman–Crippen MR) is 130 cm³/mol. The van der Waals surface area contributed by atoms with E-state index in [9.17, 15) is 13.2 Å². The Kier molecular flexibility index (Phi) is 6.46. The van der Waals surface area contributed by atoms with Crippen LogP contribution in [0.2, 0.25) is 0 Å². The molecule has 0 saturated carbocycles. The van der Waals surface area contributed by atoms with Gasteiger partial charge in [-0.15, -0.1) is 0 Å². The predicted octanol–water partition coefficient (Wildman–Crippen LogP) is 6.02. The normalized spacial score (nSPS) is 11.8. The lowest BCUT2D eigenvalue weighted by Crippen LogP contribution is -2.25. The van der Waals surface area contributed by atoms with Crippen LogP contribution in [0.15, 0.2) is 66.7 Å². The van der Waals surface area contributed by atoms with Gasteiger partial charge in [-0.3, -0.25) is 0 Å². The molecule has 0 radical (unpaired) electrons. The highest BCUT2D eigenvalue weighted by molar-refractivity contribution is 7.92. The van der Waals surface area contributed by atoms with Crippen LogP contribution in [0.3, 0.4) is 0 Å². The topological polar surface area (TPSA) is 63.7 Å². The van der Waals surface area contributed by atoms with Crippen molar-refractivity contribution in [2.75, 3.05) is 10.6 Å². The maximum Gasteiger partial charge on any atom is 0.338 e. The van der Waals surface area contributed by atoms with E-state index in [-0.39, 0.29) is 5.97 Å². The molecular formula is C26H29NO4S. The molecule has 0 amide bonds. The van der Waals surface area contributed by atoms with E-state index in [4.69, 9.17) is 4.74 Å². The number of ether oxygens (including phenoxy) is 1. The molecule has 168 valence electrons. The number of anilines is 2. The maximum absolute atomic E-state index is 12.7. The second-order valence-electron chi connectivity index (χ2n) is 8.83. The summed E-state index contributed by atoms with van der Waals surface area (Å²) in [5.74, 6) is -0.377. The molecule has 0 aromatic heterocycles. The molecule has 0 fully saturated rings. The summed E-state index contributed by atoms with van der Waals surface area (Å²) in [4.78, 5) is 12.5. The molecule has 0 saturated heterocycles. The van der Waals surface area contributed by atoms with Gasteiger partial charge in [0.1, 0.15) is 5.60 Å². The van der Waals surface area contributed by atoms with Crippen LogP contribution in [0, 0.1) is 13.8 Å². The van der Waals surface area contributed by atoms with Crippen LogP contribution < -0.4 is 4.31 Å². The molecule has 5 nitrogen and oxygen atoms in total. The van der Waals surface area contributed by atoms with Crippen molar-refractivity contribution in [1.82, 2.24) is 0 Å². The molecule has 0 atom stereocenters. The summed E-state index contributed by atoms with van der Waals surface area (Å²) in [6.07, 6.45) is 1.20. The van der Waals surface area contributed by atoms with Crippen molar-refractivity contribution in [1.29, 1.82) is 0 Å². The van der Waals surface area contributed by atoms with E-state index < -0.39 is 15.6 Å². The quantitative estimate of drug-likeness (QED) is 0.445. The summed E-state index contributed by atoms with van der Waals surface area (Å²) >= 11 is 0. The fraction of sp³-hybridized carbons (Fsp3) is 0.269. The van der Waals surface area contributed by atoms with Gasteiger partial charge < -0.3 is 4.74 Å². The number of carbonyl (C=O) groups excluding carboxylic acids is 1. The Morgan fingerprint density at radius 3 is 2.12 bits per heavy atom. The Morgan fingerprint density at radius 2 is 1.53 bits per heavy atom. The lowest BCUT2D eigenvalue weighted by Gasteiger charge is -2.26. The van der Waals surface area contributed by atoms with Crippen molar-refractivity contribution in [3.8, 4) is 11.1 Å². The van der Waals surface area contributed by atoms with Gasteiger partial charge in [-0.2, -0.15) is 0 Å². The number of esters is 1. The Morgan fingerprint density at radius 1 is 0.875 bits per heavy atom. The highest BCUT2D eigenvalue weighted by atomic mass is 32.2. The molecule has 3 aromatic carbocycles. The second-order valence-corrected chi connectivity index (χ2v) is 10.7. The van der Waals surface area contributed by atoms with Crippen LogP contribution >= 0.6 is 0 Å². The third-order valence-corrected chi connectivity index (χ3v) is 6.18. The van der Waals surface area contributed by atoms with Crippen LogP contribution in [-0.2, 0) is 14.8 Å². The minimum Gasteiger partial charge on any atom is -0.456 e. The van der Waals surface area contributed by atoms with E-state index in [0.717, 1.165) is 22.3 Å². The van der Waals surface area contributed by atoms with Crippen LogP contribution in [0.1, 0.15) is 42.3 Å². The van der Waals surface area contributed by atoms with Crippen LogP contribution in [-0.4, -0.2) is 26.2 Å².